The summed E-state index contributed by atoms with van der Waals surface area (Å²) in [5, 5.41) is 2.24. The minimum absolute atomic E-state index is 0.275. The molecule has 4 heteroatoms. The van der Waals surface area contributed by atoms with E-state index in [1.807, 2.05) is 18.2 Å². The van der Waals surface area contributed by atoms with Gasteiger partial charge in [0.1, 0.15) is 10.7 Å². The highest BCUT2D eigenvalue weighted by Gasteiger charge is 2.25. The van der Waals surface area contributed by atoms with Crippen LogP contribution in [0.3, 0.4) is 0 Å². The molecule has 0 amide bonds. The Labute approximate surface area is 284 Å². The third kappa shape index (κ3) is 5.04. The lowest BCUT2D eigenvalue weighted by molar-refractivity contribution is 0.812. The van der Waals surface area contributed by atoms with Gasteiger partial charge in [-0.1, -0.05) is 112 Å². The lowest BCUT2D eigenvalue weighted by atomic mass is 9.88. The summed E-state index contributed by atoms with van der Waals surface area (Å²) in [5.41, 5.74) is 11.4. The molecule has 0 atom stereocenters. The van der Waals surface area contributed by atoms with E-state index < -0.39 is 6.85 Å². The molecule has 8 rings (SSSR count). The SMILES string of the molecule is [2H]C([2H])([2H])c1ccc(-c2ccc3c(n2)sc2c(-c4nc5ccccc5n4-c4c(C(C)C)cc(-c5ccccc5)cc4C(C)C)cccc23)cc1. The first kappa shape index (κ1) is 26.1. The molecule has 47 heavy (non-hydrogen) atoms. The molecule has 230 valence electrons. The Morgan fingerprint density at radius 2 is 1.36 bits per heavy atom. The van der Waals surface area contributed by atoms with Crippen LogP contribution in [0.1, 0.15) is 60.3 Å². The van der Waals surface area contributed by atoms with Gasteiger partial charge in [0.25, 0.3) is 0 Å². The monoisotopic (exact) mass is 630 g/mol. The van der Waals surface area contributed by atoms with Gasteiger partial charge < -0.3 is 0 Å². The number of para-hydroxylation sites is 2. The molecule has 0 aliphatic heterocycles. The van der Waals surface area contributed by atoms with Crippen molar-refractivity contribution in [2.45, 2.75) is 46.4 Å². The van der Waals surface area contributed by atoms with Gasteiger partial charge in [0.2, 0.25) is 0 Å². The predicted molar refractivity (Wildman–Crippen MR) is 201 cm³/mol. The van der Waals surface area contributed by atoms with Crippen LogP contribution in [0, 0.1) is 6.85 Å². The molecular weight excluding hydrogens is 591 g/mol. The van der Waals surface area contributed by atoms with E-state index >= 15 is 0 Å². The second-order valence-corrected chi connectivity index (χ2v) is 13.8. The van der Waals surface area contributed by atoms with E-state index in [1.54, 1.807) is 23.5 Å². The van der Waals surface area contributed by atoms with Crippen LogP contribution in [0.25, 0.3) is 70.8 Å². The Morgan fingerprint density at radius 1 is 0.638 bits per heavy atom. The lowest BCUT2D eigenvalue weighted by Crippen LogP contribution is -2.09. The highest BCUT2D eigenvalue weighted by atomic mass is 32.1. The summed E-state index contributed by atoms with van der Waals surface area (Å²) in [4.78, 5) is 11.4. The summed E-state index contributed by atoms with van der Waals surface area (Å²) >= 11 is 1.68. The van der Waals surface area contributed by atoms with Gasteiger partial charge in [0.05, 0.1) is 22.4 Å². The molecule has 0 aliphatic carbocycles. The topological polar surface area (TPSA) is 30.7 Å². The summed E-state index contributed by atoms with van der Waals surface area (Å²) in [6, 6.07) is 41.5. The first-order valence-electron chi connectivity index (χ1n) is 17.7. The van der Waals surface area contributed by atoms with Crippen molar-refractivity contribution in [3.63, 3.8) is 0 Å². The zero-order valence-corrected chi connectivity index (χ0v) is 27.8. The summed E-state index contributed by atoms with van der Waals surface area (Å²) in [5.74, 6) is 1.47. The number of nitrogens with zero attached hydrogens (tertiary/aromatic N) is 3. The van der Waals surface area contributed by atoms with E-state index in [4.69, 9.17) is 14.1 Å². The smallest absolute Gasteiger partial charge is 0.147 e. The molecule has 0 unspecified atom stereocenters. The highest BCUT2D eigenvalue weighted by molar-refractivity contribution is 7.26. The van der Waals surface area contributed by atoms with Crippen LogP contribution in [-0.2, 0) is 0 Å². The van der Waals surface area contributed by atoms with Crippen molar-refractivity contribution in [1.29, 1.82) is 0 Å². The van der Waals surface area contributed by atoms with Crippen LogP contribution in [0.15, 0.2) is 121 Å². The molecule has 0 saturated carbocycles. The van der Waals surface area contributed by atoms with E-state index in [2.05, 4.69) is 123 Å². The van der Waals surface area contributed by atoms with Gasteiger partial charge in [-0.05, 0) is 83.4 Å². The van der Waals surface area contributed by atoms with Crippen LogP contribution >= 0.6 is 11.3 Å². The van der Waals surface area contributed by atoms with Crippen molar-refractivity contribution in [3.05, 3.63) is 138 Å². The molecule has 0 fully saturated rings. The number of pyridine rings is 1. The van der Waals surface area contributed by atoms with Crippen LogP contribution < -0.4 is 0 Å². The van der Waals surface area contributed by atoms with Gasteiger partial charge in [-0.2, -0.15) is 0 Å². The summed E-state index contributed by atoms with van der Waals surface area (Å²) in [6.07, 6.45) is 0. The van der Waals surface area contributed by atoms with Crippen LogP contribution in [0.4, 0.5) is 0 Å². The number of thiophene rings is 1. The van der Waals surface area contributed by atoms with Crippen molar-refractivity contribution < 1.29 is 4.11 Å². The normalized spacial score (nSPS) is 13.1. The van der Waals surface area contributed by atoms with Gasteiger partial charge in [-0.3, -0.25) is 4.57 Å². The second kappa shape index (κ2) is 11.6. The molecule has 0 spiro atoms. The molecular formula is C43H37N3S. The Balaban J connectivity index is 1.36. The maximum atomic E-state index is 7.74. The maximum absolute atomic E-state index is 7.74. The van der Waals surface area contributed by atoms with E-state index in [1.165, 1.54) is 27.9 Å². The summed E-state index contributed by atoms with van der Waals surface area (Å²) < 4.78 is 26.8. The van der Waals surface area contributed by atoms with Crippen LogP contribution in [0.2, 0.25) is 0 Å². The largest absolute Gasteiger partial charge is 0.292 e. The minimum Gasteiger partial charge on any atom is -0.292 e. The molecule has 0 aliphatic rings. The maximum Gasteiger partial charge on any atom is 0.147 e. The number of imidazole rings is 1. The average Bonchev–Trinajstić information content (AvgIpc) is 3.69. The number of hydrogen-bond donors (Lipinski definition) is 0. The first-order valence-corrected chi connectivity index (χ1v) is 17.0. The highest BCUT2D eigenvalue weighted by Crippen LogP contribution is 2.44. The predicted octanol–water partition coefficient (Wildman–Crippen LogP) is 12.3. The van der Waals surface area contributed by atoms with E-state index in [0.717, 1.165) is 54.0 Å². The molecule has 3 aromatic heterocycles. The molecule has 0 saturated heterocycles. The van der Waals surface area contributed by atoms with Crippen LogP contribution in [0.5, 0.6) is 0 Å². The fraction of sp³-hybridized carbons (Fsp3) is 0.163. The third-order valence-electron chi connectivity index (χ3n) is 9.09. The first-order chi connectivity index (χ1) is 24.1. The van der Waals surface area contributed by atoms with Gasteiger partial charge in [-0.15, -0.1) is 11.3 Å². The summed E-state index contributed by atoms with van der Waals surface area (Å²) in [6.45, 7) is 6.99. The minimum atomic E-state index is -2.13. The lowest BCUT2D eigenvalue weighted by Gasteiger charge is -2.24. The van der Waals surface area contributed by atoms with E-state index in [9.17, 15) is 0 Å². The second-order valence-electron chi connectivity index (χ2n) is 12.8. The van der Waals surface area contributed by atoms with Gasteiger partial charge >= 0.3 is 0 Å². The van der Waals surface area contributed by atoms with Crippen molar-refractivity contribution in [1.82, 2.24) is 14.5 Å². The Kier molecular flexibility index (Phi) is 6.45. The Hall–Kier alpha value is -5.06. The molecule has 8 aromatic rings. The molecule has 3 nitrogen and oxygen atoms in total. The average molecular weight is 631 g/mol. The Morgan fingerprint density at radius 3 is 2.09 bits per heavy atom. The van der Waals surface area contributed by atoms with Crippen molar-refractivity contribution >= 4 is 42.7 Å². The number of fused-ring (bicyclic) bond motifs is 4. The fourth-order valence-electron chi connectivity index (χ4n) is 6.71. The summed E-state index contributed by atoms with van der Waals surface area (Å²) in [7, 11) is 0. The number of aryl methyl sites for hydroxylation is 1. The fourth-order valence-corrected chi connectivity index (χ4v) is 7.89. The molecule has 0 bridgehead atoms. The number of aromatic nitrogens is 3. The van der Waals surface area contributed by atoms with Gasteiger partial charge in [0, 0.05) is 30.7 Å². The third-order valence-corrected chi connectivity index (χ3v) is 10.2. The molecule has 0 radical (unpaired) electrons. The molecule has 3 heterocycles. The standard InChI is InChI=1S/C43H37N3S/c1-26(2)35-24-31(29-12-7-6-8-13-29)25-36(27(3)4)40(35)46-39-17-10-9-16-38(39)44-42(46)34-15-11-14-32-33-22-23-37(45-43(33)47-41(32)34)30-20-18-28(5)19-21-30/h6-27H,1-5H3/i5D3. The molecule has 0 N–H and O–H groups in total. The number of hydrogen-bond acceptors (Lipinski definition) is 3. The van der Waals surface area contributed by atoms with E-state index in [0.29, 0.717) is 5.56 Å². The van der Waals surface area contributed by atoms with E-state index in [-0.39, 0.29) is 11.8 Å². The van der Waals surface area contributed by atoms with Gasteiger partial charge in [-0.25, -0.2) is 9.97 Å². The zero-order valence-electron chi connectivity index (χ0n) is 30.0. The van der Waals surface area contributed by atoms with Crippen molar-refractivity contribution in [2.75, 3.05) is 0 Å². The quantitative estimate of drug-likeness (QED) is 0.183. The number of benzene rings is 5. The van der Waals surface area contributed by atoms with Gasteiger partial charge in [0.15, 0.2) is 0 Å². The molecule has 5 aromatic carbocycles. The van der Waals surface area contributed by atoms with Crippen LogP contribution in [-0.4, -0.2) is 14.5 Å². The number of rotatable bonds is 6. The zero-order chi connectivity index (χ0) is 34.7. The van der Waals surface area contributed by atoms with Crippen molar-refractivity contribution in [2.24, 2.45) is 0 Å². The Bertz CT molecular complexity index is 2500. The van der Waals surface area contributed by atoms with Crippen molar-refractivity contribution in [3.8, 4) is 39.5 Å².